The number of piperidine rings is 1. The molecule has 2 rings (SSSR count). The smallest absolute Gasteiger partial charge is 0.193 e. The summed E-state index contributed by atoms with van der Waals surface area (Å²) in [6.45, 7) is 14.6. The number of likely N-dealkylation sites (tertiary alicyclic amines) is 1. The van der Waals surface area contributed by atoms with Crippen LogP contribution in [-0.4, -0.2) is 84.8 Å². The van der Waals surface area contributed by atoms with E-state index in [4.69, 9.17) is 4.74 Å². The molecule has 0 radical (unpaired) electrons. The average Bonchev–Trinajstić information content (AvgIpc) is 2.54. The van der Waals surface area contributed by atoms with Crippen LogP contribution in [0.4, 0.5) is 0 Å². The Morgan fingerprint density at radius 1 is 1.29 bits per heavy atom. The van der Waals surface area contributed by atoms with E-state index in [0.717, 1.165) is 51.5 Å². The predicted octanol–water partition coefficient (Wildman–Crippen LogP) is 2.28. The first-order chi connectivity index (χ1) is 11.3. The molecule has 0 aromatic rings. The molecule has 0 saturated carbocycles. The maximum absolute atomic E-state index is 5.50. The zero-order valence-corrected chi connectivity index (χ0v) is 17.2. The normalized spacial score (nSPS) is 24.2. The monoisotopic (exact) mass is 356 g/mol. The van der Waals surface area contributed by atoms with Crippen LogP contribution in [0, 0.1) is 0 Å². The van der Waals surface area contributed by atoms with Crippen molar-refractivity contribution in [3.05, 3.63) is 0 Å². The van der Waals surface area contributed by atoms with E-state index in [1.165, 1.54) is 5.75 Å². The second-order valence-corrected chi connectivity index (χ2v) is 9.97. The van der Waals surface area contributed by atoms with Crippen molar-refractivity contribution in [3.8, 4) is 0 Å². The summed E-state index contributed by atoms with van der Waals surface area (Å²) in [6.07, 6.45) is 2.70. The molecule has 24 heavy (non-hydrogen) atoms. The van der Waals surface area contributed by atoms with Gasteiger partial charge in [0.15, 0.2) is 5.96 Å². The lowest BCUT2D eigenvalue weighted by Crippen LogP contribution is -2.58. The molecule has 2 aliphatic heterocycles. The fraction of sp³-hybridized carbons (Fsp3) is 0.944. The first-order valence-electron chi connectivity index (χ1n) is 9.15. The molecule has 0 aromatic heterocycles. The van der Waals surface area contributed by atoms with E-state index in [1.54, 1.807) is 0 Å². The van der Waals surface area contributed by atoms with Crippen LogP contribution in [0.15, 0.2) is 4.99 Å². The molecular formula is C18H36N4OS. The summed E-state index contributed by atoms with van der Waals surface area (Å²) >= 11 is 2.06. The Kier molecular flexibility index (Phi) is 6.85. The summed E-state index contributed by atoms with van der Waals surface area (Å²) in [5.74, 6) is 2.21. The average molecular weight is 357 g/mol. The molecule has 0 aromatic carbocycles. The van der Waals surface area contributed by atoms with Crippen LogP contribution in [0.2, 0.25) is 0 Å². The highest BCUT2D eigenvalue weighted by molar-refractivity contribution is 8.00. The van der Waals surface area contributed by atoms with Gasteiger partial charge in [-0.3, -0.25) is 9.89 Å². The van der Waals surface area contributed by atoms with Crippen molar-refractivity contribution < 1.29 is 4.74 Å². The summed E-state index contributed by atoms with van der Waals surface area (Å²) < 4.78 is 5.80. The van der Waals surface area contributed by atoms with Crippen molar-refractivity contribution in [2.45, 2.75) is 56.9 Å². The second-order valence-electron chi connectivity index (χ2n) is 8.17. The Bertz CT molecular complexity index is 431. The third kappa shape index (κ3) is 5.27. The maximum atomic E-state index is 5.50. The Morgan fingerprint density at radius 2 is 1.96 bits per heavy atom. The Balaban J connectivity index is 1.88. The van der Waals surface area contributed by atoms with E-state index in [0.29, 0.717) is 10.9 Å². The number of nitrogens with one attached hydrogen (secondary N) is 1. The number of hydrogen-bond acceptors (Lipinski definition) is 4. The van der Waals surface area contributed by atoms with Gasteiger partial charge in [-0.15, -0.1) is 0 Å². The molecule has 2 aliphatic rings. The number of nitrogens with zero attached hydrogens (tertiary/aromatic N) is 3. The SMILES string of the molecule is CN=C(NCC(C)(C)N1CCC(OC)CC1)N1CCSC(C)(C)C1. The van der Waals surface area contributed by atoms with E-state index in [9.17, 15) is 0 Å². The number of methoxy groups -OCH3 is 1. The zero-order chi connectivity index (χ0) is 17.8. The molecule has 0 amide bonds. The number of guanidine groups is 1. The molecule has 2 fully saturated rings. The molecule has 1 N–H and O–H groups in total. The molecule has 0 atom stereocenters. The summed E-state index contributed by atoms with van der Waals surface area (Å²) in [5.41, 5.74) is 0.120. The van der Waals surface area contributed by atoms with Crippen molar-refractivity contribution in [1.29, 1.82) is 0 Å². The van der Waals surface area contributed by atoms with E-state index in [1.807, 2.05) is 14.2 Å². The molecule has 0 spiro atoms. The molecule has 140 valence electrons. The third-order valence-corrected chi connectivity index (χ3v) is 6.54. The number of ether oxygens (including phenoxy) is 1. The Morgan fingerprint density at radius 3 is 2.50 bits per heavy atom. The number of thioether (sulfide) groups is 1. The number of rotatable bonds is 4. The van der Waals surface area contributed by atoms with Gasteiger partial charge >= 0.3 is 0 Å². The van der Waals surface area contributed by atoms with Gasteiger partial charge in [0, 0.05) is 62.9 Å². The fourth-order valence-electron chi connectivity index (χ4n) is 3.63. The summed E-state index contributed by atoms with van der Waals surface area (Å²) in [5, 5.41) is 3.63. The van der Waals surface area contributed by atoms with E-state index < -0.39 is 0 Å². The summed E-state index contributed by atoms with van der Waals surface area (Å²) in [7, 11) is 3.73. The third-order valence-electron chi connectivity index (χ3n) is 5.25. The highest BCUT2D eigenvalue weighted by Gasteiger charge is 2.32. The van der Waals surface area contributed by atoms with Crippen molar-refractivity contribution in [1.82, 2.24) is 15.1 Å². The van der Waals surface area contributed by atoms with Crippen LogP contribution in [-0.2, 0) is 4.74 Å². The van der Waals surface area contributed by atoms with Gasteiger partial charge in [-0.2, -0.15) is 11.8 Å². The quantitative estimate of drug-likeness (QED) is 0.618. The first kappa shape index (κ1) is 19.9. The molecule has 0 aliphatic carbocycles. The molecule has 0 unspecified atom stereocenters. The van der Waals surface area contributed by atoms with Crippen LogP contribution < -0.4 is 5.32 Å². The number of hydrogen-bond donors (Lipinski definition) is 1. The van der Waals surface area contributed by atoms with Gasteiger partial charge in [-0.05, 0) is 40.5 Å². The van der Waals surface area contributed by atoms with Crippen LogP contribution in [0.5, 0.6) is 0 Å². The van der Waals surface area contributed by atoms with E-state index in [2.05, 4.69) is 59.6 Å². The minimum Gasteiger partial charge on any atom is -0.381 e. The van der Waals surface area contributed by atoms with E-state index >= 15 is 0 Å². The fourth-order valence-corrected chi connectivity index (χ4v) is 4.74. The summed E-state index contributed by atoms with van der Waals surface area (Å²) in [4.78, 5) is 9.52. The predicted molar refractivity (Wildman–Crippen MR) is 105 cm³/mol. The lowest BCUT2D eigenvalue weighted by atomic mass is 9.97. The molecule has 5 nitrogen and oxygen atoms in total. The van der Waals surface area contributed by atoms with Gasteiger partial charge in [0.2, 0.25) is 0 Å². The Labute approximate surface area is 152 Å². The van der Waals surface area contributed by atoms with Gasteiger partial charge < -0.3 is 15.0 Å². The molecule has 2 heterocycles. The van der Waals surface area contributed by atoms with Crippen molar-refractivity contribution in [3.63, 3.8) is 0 Å². The summed E-state index contributed by atoms with van der Waals surface area (Å²) in [6, 6.07) is 0. The van der Waals surface area contributed by atoms with Gasteiger partial charge in [0.25, 0.3) is 0 Å². The van der Waals surface area contributed by atoms with Gasteiger partial charge in [-0.1, -0.05) is 0 Å². The maximum Gasteiger partial charge on any atom is 0.193 e. The van der Waals surface area contributed by atoms with Gasteiger partial charge in [0.1, 0.15) is 0 Å². The molecular weight excluding hydrogens is 320 g/mol. The minimum absolute atomic E-state index is 0.120. The highest BCUT2D eigenvalue weighted by Crippen LogP contribution is 2.29. The largest absolute Gasteiger partial charge is 0.381 e. The van der Waals surface area contributed by atoms with Gasteiger partial charge in [0.05, 0.1) is 6.10 Å². The standard InChI is InChI=1S/C18H36N4OS/c1-17(2,22-9-7-15(23-6)8-10-22)13-20-16(19-5)21-11-12-24-18(3,4)14-21/h15H,7-14H2,1-6H3,(H,19,20). The first-order valence-corrected chi connectivity index (χ1v) is 10.1. The van der Waals surface area contributed by atoms with Crippen molar-refractivity contribution in [2.75, 3.05) is 52.6 Å². The lowest BCUT2D eigenvalue weighted by molar-refractivity contribution is 0.00765. The number of aliphatic imine (C=N–C) groups is 1. The van der Waals surface area contributed by atoms with Crippen molar-refractivity contribution >= 4 is 17.7 Å². The lowest BCUT2D eigenvalue weighted by Gasteiger charge is -2.44. The minimum atomic E-state index is 0.120. The van der Waals surface area contributed by atoms with Crippen LogP contribution >= 0.6 is 11.8 Å². The van der Waals surface area contributed by atoms with Crippen molar-refractivity contribution in [2.24, 2.45) is 4.99 Å². The Hall–Kier alpha value is -0.460. The zero-order valence-electron chi connectivity index (χ0n) is 16.4. The van der Waals surface area contributed by atoms with E-state index in [-0.39, 0.29) is 5.54 Å². The highest BCUT2D eigenvalue weighted by atomic mass is 32.2. The van der Waals surface area contributed by atoms with Crippen LogP contribution in [0.1, 0.15) is 40.5 Å². The molecule has 0 bridgehead atoms. The molecule has 6 heteroatoms. The van der Waals surface area contributed by atoms with Crippen LogP contribution in [0.25, 0.3) is 0 Å². The van der Waals surface area contributed by atoms with Gasteiger partial charge in [-0.25, -0.2) is 0 Å². The second kappa shape index (κ2) is 8.28. The molecule has 2 saturated heterocycles. The van der Waals surface area contributed by atoms with Crippen LogP contribution in [0.3, 0.4) is 0 Å². The topological polar surface area (TPSA) is 40.1 Å².